The number of fused-ring (bicyclic) bond motifs is 1. The van der Waals surface area contributed by atoms with Gasteiger partial charge in [0.2, 0.25) is 5.95 Å². The van der Waals surface area contributed by atoms with Crippen molar-refractivity contribution in [2.24, 2.45) is 5.73 Å². The Morgan fingerprint density at radius 2 is 2.35 bits per heavy atom. The molecule has 2 aromatic heterocycles. The van der Waals surface area contributed by atoms with Crippen molar-refractivity contribution in [2.75, 3.05) is 5.73 Å². The Bertz CT molecular complexity index is 852. The minimum absolute atomic E-state index is 0.0251. The third-order valence-electron chi connectivity index (χ3n) is 3.92. The average molecular weight is 320 g/mol. The second kappa shape index (κ2) is 5.04. The third kappa shape index (κ3) is 2.10. The molecule has 0 radical (unpaired) electrons. The zero-order valence-electron chi connectivity index (χ0n) is 12.2. The standard InChI is InChI=1S/C13H16N6O4/c1-3-13(15)8(21)7(5(2)20)23-11(13)19-4-16-6-9(19)17-12(14)18-10(6)22/h1,4-5,7-8,11,20-21H,15H2,2H3,(H3,14,17,18,22)/t5-,7-,8?,11-,13?/m1/s1. The Morgan fingerprint density at radius 3 is 2.96 bits per heavy atom. The highest BCUT2D eigenvalue weighted by atomic mass is 16.5. The smallest absolute Gasteiger partial charge is 0.280 e. The molecule has 10 heteroatoms. The second-order valence-electron chi connectivity index (χ2n) is 5.49. The first kappa shape index (κ1) is 15.4. The highest BCUT2D eigenvalue weighted by molar-refractivity contribution is 5.70. The number of nitrogens with one attached hydrogen (secondary N) is 1. The Hall–Kier alpha value is -2.45. The molecule has 0 aromatic carbocycles. The molecule has 0 spiro atoms. The van der Waals surface area contributed by atoms with E-state index in [1.807, 2.05) is 0 Å². The van der Waals surface area contributed by atoms with Crippen LogP contribution in [-0.4, -0.2) is 53.6 Å². The van der Waals surface area contributed by atoms with Crippen molar-refractivity contribution in [3.8, 4) is 12.3 Å². The predicted octanol–water partition coefficient (Wildman–Crippen LogP) is -2.33. The van der Waals surface area contributed by atoms with Crippen LogP contribution in [0, 0.1) is 12.3 Å². The first-order chi connectivity index (χ1) is 10.8. The number of ether oxygens (including phenoxy) is 1. The van der Waals surface area contributed by atoms with E-state index in [0.717, 1.165) is 0 Å². The SMILES string of the molecule is C#CC1(N)C(O)[C@@H]([C@@H](C)O)O[C@H]1n1cnc2c(=O)[nH]c(N)nc21. The molecule has 23 heavy (non-hydrogen) atoms. The average Bonchev–Trinajstić information content (AvgIpc) is 3.00. The van der Waals surface area contributed by atoms with E-state index in [1.165, 1.54) is 17.8 Å². The molecule has 1 aliphatic rings. The molecule has 5 atom stereocenters. The van der Waals surface area contributed by atoms with Gasteiger partial charge in [-0.15, -0.1) is 6.42 Å². The third-order valence-corrected chi connectivity index (χ3v) is 3.92. The van der Waals surface area contributed by atoms with Crippen LogP contribution in [-0.2, 0) is 4.74 Å². The van der Waals surface area contributed by atoms with Gasteiger partial charge < -0.3 is 26.4 Å². The molecular weight excluding hydrogens is 304 g/mol. The molecule has 3 rings (SSSR count). The molecule has 1 fully saturated rings. The lowest BCUT2D eigenvalue weighted by Crippen LogP contribution is -2.54. The van der Waals surface area contributed by atoms with Crippen LogP contribution in [0.15, 0.2) is 11.1 Å². The van der Waals surface area contributed by atoms with Gasteiger partial charge in [0, 0.05) is 0 Å². The summed E-state index contributed by atoms with van der Waals surface area (Å²) in [6.45, 7) is 1.44. The maximum atomic E-state index is 11.8. The minimum Gasteiger partial charge on any atom is -0.391 e. The molecule has 0 saturated carbocycles. The van der Waals surface area contributed by atoms with Gasteiger partial charge in [-0.25, -0.2) is 4.98 Å². The molecule has 7 N–H and O–H groups in total. The first-order valence-corrected chi connectivity index (χ1v) is 6.80. The summed E-state index contributed by atoms with van der Waals surface area (Å²) in [6.07, 6.45) is 2.33. The van der Waals surface area contributed by atoms with Crippen LogP contribution in [0.4, 0.5) is 5.95 Å². The predicted molar refractivity (Wildman–Crippen MR) is 79.9 cm³/mol. The summed E-state index contributed by atoms with van der Waals surface area (Å²) in [7, 11) is 0. The number of aliphatic hydroxyl groups excluding tert-OH is 2. The summed E-state index contributed by atoms with van der Waals surface area (Å²) < 4.78 is 6.96. The van der Waals surface area contributed by atoms with Crippen molar-refractivity contribution in [1.29, 1.82) is 0 Å². The van der Waals surface area contributed by atoms with Gasteiger partial charge >= 0.3 is 0 Å². The largest absolute Gasteiger partial charge is 0.391 e. The number of hydrogen-bond acceptors (Lipinski definition) is 8. The van der Waals surface area contributed by atoms with Crippen molar-refractivity contribution in [1.82, 2.24) is 19.5 Å². The number of nitrogens with zero attached hydrogens (tertiary/aromatic N) is 3. The highest BCUT2D eigenvalue weighted by Gasteiger charge is 2.55. The van der Waals surface area contributed by atoms with Crippen molar-refractivity contribution in [2.45, 2.75) is 37.0 Å². The number of imidazole rings is 1. The fraction of sp³-hybridized carbons (Fsp3) is 0.462. The fourth-order valence-electron chi connectivity index (χ4n) is 2.70. The zero-order valence-corrected chi connectivity index (χ0v) is 12.2. The second-order valence-corrected chi connectivity index (χ2v) is 5.49. The zero-order chi connectivity index (χ0) is 16.9. The van der Waals surface area contributed by atoms with E-state index in [-0.39, 0.29) is 17.1 Å². The topological polar surface area (TPSA) is 165 Å². The summed E-state index contributed by atoms with van der Waals surface area (Å²) in [6, 6.07) is 0. The number of aromatic nitrogens is 4. The Balaban J connectivity index is 2.18. The van der Waals surface area contributed by atoms with Crippen LogP contribution >= 0.6 is 0 Å². The number of anilines is 1. The van der Waals surface area contributed by atoms with Crippen LogP contribution in [0.2, 0.25) is 0 Å². The molecule has 0 aliphatic carbocycles. The van der Waals surface area contributed by atoms with E-state index in [1.54, 1.807) is 0 Å². The number of terminal acetylenes is 1. The van der Waals surface area contributed by atoms with Gasteiger partial charge in [0.15, 0.2) is 22.9 Å². The van der Waals surface area contributed by atoms with Crippen molar-refractivity contribution in [3.63, 3.8) is 0 Å². The van der Waals surface area contributed by atoms with E-state index in [2.05, 4.69) is 20.9 Å². The lowest BCUT2D eigenvalue weighted by molar-refractivity contribution is -0.0756. The Morgan fingerprint density at radius 1 is 1.65 bits per heavy atom. The summed E-state index contributed by atoms with van der Waals surface area (Å²) >= 11 is 0. The quantitative estimate of drug-likeness (QED) is 0.384. The van der Waals surface area contributed by atoms with Crippen LogP contribution in [0.5, 0.6) is 0 Å². The number of aromatic amines is 1. The number of hydrogen-bond donors (Lipinski definition) is 5. The summed E-state index contributed by atoms with van der Waals surface area (Å²) in [5, 5.41) is 20.1. The normalized spacial score (nSPS) is 32.0. The van der Waals surface area contributed by atoms with Gasteiger partial charge in [-0.3, -0.25) is 14.3 Å². The van der Waals surface area contributed by atoms with Gasteiger partial charge in [0.05, 0.1) is 12.4 Å². The van der Waals surface area contributed by atoms with Gasteiger partial charge in [-0.2, -0.15) is 4.98 Å². The molecule has 10 nitrogen and oxygen atoms in total. The number of rotatable bonds is 2. The number of aliphatic hydroxyl groups is 2. The number of nitrogen functional groups attached to an aromatic ring is 1. The Kier molecular flexibility index (Phi) is 3.38. The van der Waals surface area contributed by atoms with E-state index in [9.17, 15) is 15.0 Å². The minimum atomic E-state index is -1.64. The lowest BCUT2D eigenvalue weighted by Gasteiger charge is -2.27. The molecule has 0 amide bonds. The molecule has 0 bridgehead atoms. The molecule has 1 aliphatic heterocycles. The van der Waals surface area contributed by atoms with Crippen molar-refractivity contribution in [3.05, 3.63) is 16.7 Å². The summed E-state index contributed by atoms with van der Waals surface area (Å²) in [5.41, 5.74) is 9.63. The van der Waals surface area contributed by atoms with Crippen LogP contribution in [0.1, 0.15) is 13.2 Å². The molecule has 122 valence electrons. The maximum absolute atomic E-state index is 11.8. The monoisotopic (exact) mass is 320 g/mol. The van der Waals surface area contributed by atoms with Gasteiger partial charge in [0.1, 0.15) is 12.2 Å². The molecule has 2 aromatic rings. The molecular formula is C13H16N6O4. The van der Waals surface area contributed by atoms with Crippen LogP contribution in [0.25, 0.3) is 11.2 Å². The van der Waals surface area contributed by atoms with Crippen LogP contribution < -0.4 is 17.0 Å². The van der Waals surface area contributed by atoms with Crippen molar-refractivity contribution >= 4 is 17.1 Å². The van der Waals surface area contributed by atoms with Gasteiger partial charge in [-0.1, -0.05) is 5.92 Å². The van der Waals surface area contributed by atoms with Gasteiger partial charge in [-0.05, 0) is 6.92 Å². The summed E-state index contributed by atoms with van der Waals surface area (Å²) in [4.78, 5) is 22.1. The van der Waals surface area contributed by atoms with E-state index in [4.69, 9.17) is 22.6 Å². The van der Waals surface area contributed by atoms with E-state index in [0.29, 0.717) is 0 Å². The van der Waals surface area contributed by atoms with E-state index < -0.39 is 35.6 Å². The Labute approximate surface area is 130 Å². The molecule has 1 saturated heterocycles. The van der Waals surface area contributed by atoms with Crippen molar-refractivity contribution < 1.29 is 14.9 Å². The highest BCUT2D eigenvalue weighted by Crippen LogP contribution is 2.38. The fourth-order valence-corrected chi connectivity index (χ4v) is 2.70. The van der Waals surface area contributed by atoms with Crippen LogP contribution in [0.3, 0.4) is 0 Å². The maximum Gasteiger partial charge on any atom is 0.280 e. The molecule has 2 unspecified atom stereocenters. The first-order valence-electron chi connectivity index (χ1n) is 6.80. The number of H-pyrrole nitrogens is 1. The van der Waals surface area contributed by atoms with Gasteiger partial charge in [0.25, 0.3) is 5.56 Å². The number of nitrogens with two attached hydrogens (primary N) is 2. The lowest BCUT2D eigenvalue weighted by atomic mass is 9.90. The summed E-state index contributed by atoms with van der Waals surface area (Å²) in [5.74, 6) is 2.19. The molecule has 3 heterocycles. The van der Waals surface area contributed by atoms with E-state index >= 15 is 0 Å².